The summed E-state index contributed by atoms with van der Waals surface area (Å²) in [5, 5.41) is 0. The lowest BCUT2D eigenvalue weighted by atomic mass is 9.87. The Balaban J connectivity index is 2.16. The van der Waals surface area contributed by atoms with Crippen LogP contribution in [0.15, 0.2) is 29.2 Å². The van der Waals surface area contributed by atoms with Crippen molar-refractivity contribution in [2.24, 2.45) is 0 Å². The van der Waals surface area contributed by atoms with Gasteiger partial charge in [0.15, 0.2) is 0 Å². The molecule has 0 aromatic heterocycles. The monoisotopic (exact) mass is 361 g/mol. The van der Waals surface area contributed by atoms with Crippen molar-refractivity contribution in [3.63, 3.8) is 0 Å². The summed E-state index contributed by atoms with van der Waals surface area (Å²) < 4.78 is 53.7. The Morgan fingerprint density at radius 3 is 2.13 bits per heavy atom. The number of rotatable bonds is 4. The molecule has 1 aliphatic heterocycles. The van der Waals surface area contributed by atoms with Gasteiger partial charge in [-0.05, 0) is 29.5 Å². The topological polar surface area (TPSA) is 80.8 Å². The van der Waals surface area contributed by atoms with Crippen LogP contribution in [0.5, 0.6) is 0 Å². The van der Waals surface area contributed by atoms with E-state index in [0.29, 0.717) is 6.42 Å². The first-order valence-electron chi connectivity index (χ1n) is 7.38. The van der Waals surface area contributed by atoms with Crippen molar-refractivity contribution in [1.29, 1.82) is 0 Å². The lowest BCUT2D eigenvalue weighted by Gasteiger charge is -2.20. The first kappa shape index (κ1) is 18.4. The van der Waals surface area contributed by atoms with E-state index in [4.69, 9.17) is 4.18 Å². The van der Waals surface area contributed by atoms with Gasteiger partial charge in [-0.25, -0.2) is 8.42 Å². The highest BCUT2D eigenvalue weighted by molar-refractivity contribution is 7.89. The Kier molecular flexibility index (Phi) is 4.92. The highest BCUT2D eigenvalue weighted by Crippen LogP contribution is 2.26. The molecule has 1 heterocycles. The summed E-state index contributed by atoms with van der Waals surface area (Å²) in [6.45, 7) is 6.48. The van der Waals surface area contributed by atoms with Gasteiger partial charge in [0.05, 0.1) is 17.3 Å². The standard InChI is InChI=1S/C15H23NO5S2/c1-15(2,3)12-5-7-14(8-6-12)23(19,20)16-10-9-13(11-16)21-22(4,17)18/h5-8,13H,9-11H2,1-4H3/t13-/m0/s1. The molecule has 0 saturated carbocycles. The molecule has 0 bridgehead atoms. The molecule has 6 nitrogen and oxygen atoms in total. The van der Waals surface area contributed by atoms with Gasteiger partial charge in [0.25, 0.3) is 10.1 Å². The maximum Gasteiger partial charge on any atom is 0.264 e. The van der Waals surface area contributed by atoms with E-state index in [0.717, 1.165) is 11.8 Å². The van der Waals surface area contributed by atoms with Gasteiger partial charge in [-0.1, -0.05) is 32.9 Å². The zero-order valence-electron chi connectivity index (χ0n) is 13.8. The lowest BCUT2D eigenvalue weighted by molar-refractivity contribution is 0.225. The molecule has 23 heavy (non-hydrogen) atoms. The van der Waals surface area contributed by atoms with E-state index in [2.05, 4.69) is 20.8 Å². The number of benzene rings is 1. The van der Waals surface area contributed by atoms with Crippen LogP contribution in [-0.2, 0) is 29.7 Å². The predicted octanol–water partition coefficient (Wildman–Crippen LogP) is 1.72. The van der Waals surface area contributed by atoms with Crippen LogP contribution in [0.3, 0.4) is 0 Å². The van der Waals surface area contributed by atoms with Gasteiger partial charge in [0.1, 0.15) is 0 Å². The maximum atomic E-state index is 12.6. The normalized spacial score (nSPS) is 20.8. The van der Waals surface area contributed by atoms with Crippen LogP contribution in [0.25, 0.3) is 0 Å². The summed E-state index contributed by atoms with van der Waals surface area (Å²) in [4.78, 5) is 0.213. The van der Waals surface area contributed by atoms with Crippen LogP contribution in [0, 0.1) is 0 Å². The molecule has 1 fully saturated rings. The quantitative estimate of drug-likeness (QED) is 0.763. The largest absolute Gasteiger partial charge is 0.266 e. The molecule has 8 heteroatoms. The molecule has 1 aliphatic rings. The molecule has 1 atom stereocenters. The molecule has 0 unspecified atom stereocenters. The molecule has 0 spiro atoms. The summed E-state index contributed by atoms with van der Waals surface area (Å²) in [5.41, 5.74) is 1.00. The minimum Gasteiger partial charge on any atom is -0.266 e. The van der Waals surface area contributed by atoms with Gasteiger partial charge in [-0.3, -0.25) is 4.18 Å². The Morgan fingerprint density at radius 1 is 1.09 bits per heavy atom. The molecule has 130 valence electrons. The van der Waals surface area contributed by atoms with Crippen LogP contribution < -0.4 is 0 Å². The average Bonchev–Trinajstić information content (AvgIpc) is 2.85. The van der Waals surface area contributed by atoms with Crippen molar-refractivity contribution in [2.45, 2.75) is 43.6 Å². The van der Waals surface area contributed by atoms with E-state index in [-0.39, 0.29) is 23.4 Å². The van der Waals surface area contributed by atoms with Gasteiger partial charge in [0.2, 0.25) is 10.0 Å². The molecule has 0 aliphatic carbocycles. The number of hydrogen-bond donors (Lipinski definition) is 0. The van der Waals surface area contributed by atoms with Crippen molar-refractivity contribution in [2.75, 3.05) is 19.3 Å². The van der Waals surface area contributed by atoms with Crippen molar-refractivity contribution in [1.82, 2.24) is 4.31 Å². The summed E-state index contributed by atoms with van der Waals surface area (Å²) in [6.07, 6.45) is 0.718. The van der Waals surface area contributed by atoms with E-state index in [9.17, 15) is 16.8 Å². The van der Waals surface area contributed by atoms with E-state index in [1.165, 1.54) is 4.31 Å². The van der Waals surface area contributed by atoms with Crippen LogP contribution in [0.2, 0.25) is 0 Å². The van der Waals surface area contributed by atoms with Crippen LogP contribution >= 0.6 is 0 Å². The molecule has 0 radical (unpaired) electrons. The van der Waals surface area contributed by atoms with Gasteiger partial charge in [-0.2, -0.15) is 12.7 Å². The average molecular weight is 361 g/mol. The minimum atomic E-state index is -3.63. The second-order valence-electron chi connectivity index (χ2n) is 6.85. The summed E-state index contributed by atoms with van der Waals surface area (Å²) in [6, 6.07) is 6.82. The second-order valence-corrected chi connectivity index (χ2v) is 10.4. The Labute approximate surface area is 138 Å². The third kappa shape index (κ3) is 4.53. The number of sulfonamides is 1. The fourth-order valence-corrected chi connectivity index (χ4v) is 4.66. The Bertz CT molecular complexity index is 761. The first-order chi connectivity index (χ1) is 10.4. The third-order valence-corrected chi connectivity index (χ3v) is 6.28. The van der Waals surface area contributed by atoms with Gasteiger partial charge in [-0.15, -0.1) is 0 Å². The zero-order valence-corrected chi connectivity index (χ0v) is 15.4. The molecule has 1 aromatic carbocycles. The van der Waals surface area contributed by atoms with Gasteiger partial charge in [0, 0.05) is 13.1 Å². The van der Waals surface area contributed by atoms with Gasteiger partial charge >= 0.3 is 0 Å². The SMILES string of the molecule is CC(C)(C)c1ccc(S(=O)(=O)N2CC[C@H](OS(C)(=O)=O)C2)cc1. The molecular formula is C15H23NO5S2. The van der Waals surface area contributed by atoms with Crippen molar-refractivity contribution in [3.05, 3.63) is 29.8 Å². The van der Waals surface area contributed by atoms with Crippen LogP contribution in [0.1, 0.15) is 32.8 Å². The molecule has 1 saturated heterocycles. The highest BCUT2D eigenvalue weighted by atomic mass is 32.2. The predicted molar refractivity (Wildman–Crippen MR) is 88.2 cm³/mol. The molecular weight excluding hydrogens is 338 g/mol. The molecule has 0 N–H and O–H groups in total. The maximum absolute atomic E-state index is 12.6. The fourth-order valence-electron chi connectivity index (χ4n) is 2.52. The van der Waals surface area contributed by atoms with Crippen LogP contribution in [0.4, 0.5) is 0 Å². The minimum absolute atomic E-state index is 0.0512. The Hall–Kier alpha value is -0.960. The van der Waals surface area contributed by atoms with E-state index in [1.54, 1.807) is 12.1 Å². The first-order valence-corrected chi connectivity index (χ1v) is 10.6. The van der Waals surface area contributed by atoms with Crippen molar-refractivity contribution < 1.29 is 21.0 Å². The summed E-state index contributed by atoms with van der Waals surface area (Å²) in [5.74, 6) is 0. The summed E-state index contributed by atoms with van der Waals surface area (Å²) >= 11 is 0. The third-order valence-electron chi connectivity index (χ3n) is 3.78. The second kappa shape index (κ2) is 6.16. The lowest BCUT2D eigenvalue weighted by Crippen LogP contribution is -2.31. The highest BCUT2D eigenvalue weighted by Gasteiger charge is 2.34. The van der Waals surface area contributed by atoms with Gasteiger partial charge < -0.3 is 0 Å². The zero-order chi connectivity index (χ0) is 17.5. The Morgan fingerprint density at radius 2 is 1.65 bits per heavy atom. The van der Waals surface area contributed by atoms with Crippen LogP contribution in [-0.4, -0.2) is 46.6 Å². The smallest absolute Gasteiger partial charge is 0.264 e. The van der Waals surface area contributed by atoms with E-state index >= 15 is 0 Å². The molecule has 0 amide bonds. The molecule has 2 rings (SSSR count). The van der Waals surface area contributed by atoms with Crippen molar-refractivity contribution in [3.8, 4) is 0 Å². The fraction of sp³-hybridized carbons (Fsp3) is 0.600. The van der Waals surface area contributed by atoms with Crippen molar-refractivity contribution >= 4 is 20.1 Å². The number of nitrogens with zero attached hydrogens (tertiary/aromatic N) is 1. The molecule has 1 aromatic rings. The van der Waals surface area contributed by atoms with E-state index < -0.39 is 26.2 Å². The van der Waals surface area contributed by atoms with E-state index in [1.807, 2.05) is 12.1 Å². The number of hydrogen-bond acceptors (Lipinski definition) is 5. The summed E-state index contributed by atoms with van der Waals surface area (Å²) in [7, 11) is -7.22.